The molecule has 40 heavy (non-hydrogen) atoms. The molecule has 3 aromatic rings. The molecule has 0 unspecified atom stereocenters. The summed E-state index contributed by atoms with van der Waals surface area (Å²) in [6.45, 7) is 8.21. The second kappa shape index (κ2) is 12.6. The van der Waals surface area contributed by atoms with E-state index in [1.54, 1.807) is 13.1 Å². The Labute approximate surface area is 237 Å². The van der Waals surface area contributed by atoms with Crippen molar-refractivity contribution in [2.75, 3.05) is 7.05 Å². The number of benzene rings is 3. The molecule has 202 valence electrons. The highest BCUT2D eigenvalue weighted by atomic mass is 16.1. The zero-order valence-electron chi connectivity index (χ0n) is 23.5. The maximum atomic E-state index is 13.4. The van der Waals surface area contributed by atoms with Crippen LogP contribution in [-0.2, 0) is 6.42 Å². The molecule has 5 nitrogen and oxygen atoms in total. The summed E-state index contributed by atoms with van der Waals surface area (Å²) >= 11 is 0. The number of carbonyl (C=O) groups excluding carboxylic acids is 1. The topological polar surface area (TPSA) is 91.3 Å². The molecule has 1 fully saturated rings. The summed E-state index contributed by atoms with van der Waals surface area (Å²) in [5.41, 5.74) is 12.2. The highest BCUT2D eigenvalue weighted by molar-refractivity contribution is 6.06. The van der Waals surface area contributed by atoms with E-state index in [2.05, 4.69) is 46.9 Å². The van der Waals surface area contributed by atoms with Crippen molar-refractivity contribution in [1.29, 1.82) is 5.26 Å². The highest BCUT2D eigenvalue weighted by Crippen LogP contribution is 2.29. The van der Waals surface area contributed by atoms with E-state index in [0.29, 0.717) is 29.9 Å². The molecule has 4 rings (SSSR count). The first-order valence-corrected chi connectivity index (χ1v) is 13.6. The van der Waals surface area contributed by atoms with Crippen molar-refractivity contribution in [3.8, 4) is 29.0 Å². The molecule has 3 N–H and O–H groups in total. The van der Waals surface area contributed by atoms with E-state index in [9.17, 15) is 10.1 Å². The minimum absolute atomic E-state index is 0.225. The monoisotopic (exact) mass is 528 g/mol. The lowest BCUT2D eigenvalue weighted by Crippen LogP contribution is -2.41. The third kappa shape index (κ3) is 7.35. The second-order valence-corrected chi connectivity index (χ2v) is 10.7. The van der Waals surface area contributed by atoms with Gasteiger partial charge in [0.25, 0.3) is 5.91 Å². The van der Waals surface area contributed by atoms with Gasteiger partial charge >= 0.3 is 0 Å². The van der Waals surface area contributed by atoms with Gasteiger partial charge in [-0.1, -0.05) is 72.5 Å². The Morgan fingerprint density at radius 1 is 1.12 bits per heavy atom. The molecule has 1 aliphatic rings. The minimum Gasteiger partial charge on any atom is -0.339 e. The van der Waals surface area contributed by atoms with Crippen LogP contribution < -0.4 is 11.1 Å². The molecular formula is C35H36N4O. The van der Waals surface area contributed by atoms with Gasteiger partial charge in [-0.3, -0.25) is 9.79 Å². The molecule has 1 saturated carbocycles. The Balaban J connectivity index is 1.66. The number of hydrogen-bond donors (Lipinski definition) is 2. The number of amides is 1. The number of nitrogens with two attached hydrogens (primary N) is 1. The van der Waals surface area contributed by atoms with Gasteiger partial charge in [-0.2, -0.15) is 5.26 Å². The smallest absolute Gasteiger partial charge is 0.252 e. The summed E-state index contributed by atoms with van der Waals surface area (Å²) in [6.07, 6.45) is 3.36. The van der Waals surface area contributed by atoms with Crippen LogP contribution in [0.25, 0.3) is 11.1 Å². The Kier molecular flexibility index (Phi) is 9.00. The zero-order valence-corrected chi connectivity index (χ0v) is 23.5. The van der Waals surface area contributed by atoms with Crippen molar-refractivity contribution in [2.45, 2.75) is 51.1 Å². The molecule has 0 aromatic heterocycles. The summed E-state index contributed by atoms with van der Waals surface area (Å²) in [7, 11) is 1.73. The molecule has 0 radical (unpaired) electrons. The fourth-order valence-corrected chi connectivity index (χ4v) is 4.56. The third-order valence-electron chi connectivity index (χ3n) is 7.19. The number of nitriles is 1. The maximum Gasteiger partial charge on any atom is 0.252 e. The molecule has 0 bridgehead atoms. The molecular weight excluding hydrogens is 492 g/mol. The lowest BCUT2D eigenvalue weighted by Gasteiger charge is -2.28. The molecule has 1 aliphatic carbocycles. The van der Waals surface area contributed by atoms with Crippen LogP contribution in [0.5, 0.6) is 0 Å². The summed E-state index contributed by atoms with van der Waals surface area (Å²) in [5, 5.41) is 12.8. The summed E-state index contributed by atoms with van der Waals surface area (Å²) in [4.78, 5) is 18.0. The average Bonchev–Trinajstić information content (AvgIpc) is 3.79. The molecule has 0 saturated heterocycles. The van der Waals surface area contributed by atoms with Crippen LogP contribution in [0, 0.1) is 29.1 Å². The van der Waals surface area contributed by atoms with Crippen molar-refractivity contribution in [2.24, 2.45) is 16.6 Å². The third-order valence-corrected chi connectivity index (χ3v) is 7.19. The van der Waals surface area contributed by atoms with Crippen molar-refractivity contribution in [3.05, 3.63) is 107 Å². The molecule has 1 amide bonds. The molecule has 0 aliphatic heterocycles. The largest absolute Gasteiger partial charge is 0.339 e. The molecule has 2 atom stereocenters. The van der Waals surface area contributed by atoms with Crippen LogP contribution in [0.4, 0.5) is 0 Å². The predicted molar refractivity (Wildman–Crippen MR) is 163 cm³/mol. The number of nitrogens with one attached hydrogen (secondary N) is 1. The molecule has 5 heteroatoms. The predicted octanol–water partition coefficient (Wildman–Crippen LogP) is 6.08. The maximum absolute atomic E-state index is 13.4. The lowest BCUT2D eigenvalue weighted by atomic mass is 9.83. The van der Waals surface area contributed by atoms with Gasteiger partial charge in [0.15, 0.2) is 0 Å². The summed E-state index contributed by atoms with van der Waals surface area (Å²) in [6, 6.07) is 25.1. The first-order valence-electron chi connectivity index (χ1n) is 13.6. The standard InChI is InChI=1S/C35H36N4O/c1-24(35(3,37)22-27-10-6-5-7-11-27)18-33(38-4)30-19-29(32-13-9-8-12-28(32)23-36)20-31(21-30)34(40)39-25(2)14-15-26-16-17-26/h5-13,19-21,25-26H,1,16-18,22,37H2,2-4H3,(H,39,40)/t25-,35+/m1/s1. The first-order chi connectivity index (χ1) is 19.2. The van der Waals surface area contributed by atoms with E-state index in [1.807, 2.05) is 68.4 Å². The highest BCUT2D eigenvalue weighted by Gasteiger charge is 2.25. The number of hydrogen-bond acceptors (Lipinski definition) is 4. The summed E-state index contributed by atoms with van der Waals surface area (Å²) in [5.74, 6) is 6.60. The Hall–Kier alpha value is -4.45. The van der Waals surface area contributed by atoms with Crippen molar-refractivity contribution < 1.29 is 4.79 Å². The van der Waals surface area contributed by atoms with Gasteiger partial charge in [-0.05, 0) is 79.6 Å². The van der Waals surface area contributed by atoms with Gasteiger partial charge in [-0.15, -0.1) is 0 Å². The number of carbonyl (C=O) groups is 1. The van der Waals surface area contributed by atoms with E-state index in [1.165, 1.54) is 0 Å². The van der Waals surface area contributed by atoms with Crippen molar-refractivity contribution in [1.82, 2.24) is 5.32 Å². The quantitative estimate of drug-likeness (QED) is 0.200. The van der Waals surface area contributed by atoms with Gasteiger partial charge in [-0.25, -0.2) is 0 Å². The van der Waals surface area contributed by atoms with Crippen molar-refractivity contribution in [3.63, 3.8) is 0 Å². The van der Waals surface area contributed by atoms with E-state index in [-0.39, 0.29) is 11.9 Å². The fraction of sp³-hybridized carbons (Fsp3) is 0.286. The van der Waals surface area contributed by atoms with E-state index in [0.717, 1.165) is 46.4 Å². The van der Waals surface area contributed by atoms with Gasteiger partial charge < -0.3 is 11.1 Å². The van der Waals surface area contributed by atoms with E-state index in [4.69, 9.17) is 5.73 Å². The molecule has 3 aromatic carbocycles. The van der Waals surface area contributed by atoms with Gasteiger partial charge in [0, 0.05) is 36.2 Å². The van der Waals surface area contributed by atoms with Crippen LogP contribution in [0.1, 0.15) is 60.2 Å². The average molecular weight is 529 g/mol. The minimum atomic E-state index is -0.655. The van der Waals surface area contributed by atoms with Crippen LogP contribution >= 0.6 is 0 Å². The van der Waals surface area contributed by atoms with Crippen LogP contribution in [0.2, 0.25) is 0 Å². The van der Waals surface area contributed by atoms with E-state index >= 15 is 0 Å². The van der Waals surface area contributed by atoms with Crippen LogP contribution in [-0.4, -0.2) is 30.2 Å². The zero-order chi connectivity index (χ0) is 28.7. The van der Waals surface area contributed by atoms with Crippen LogP contribution in [0.15, 0.2) is 89.9 Å². The van der Waals surface area contributed by atoms with Crippen molar-refractivity contribution >= 4 is 11.6 Å². The number of nitrogens with zero attached hydrogens (tertiary/aromatic N) is 2. The normalized spacial score (nSPS) is 15.1. The lowest BCUT2D eigenvalue weighted by molar-refractivity contribution is 0.0948. The SMILES string of the molecule is C=C(CC(=NC)c1cc(C(=O)N[C@H](C)C#CC2CC2)cc(-c2ccccc2C#N)c1)[C@@](C)(N)Cc1ccccc1. The molecule has 0 spiro atoms. The number of rotatable bonds is 9. The van der Waals surface area contributed by atoms with Gasteiger partial charge in [0.05, 0.1) is 17.7 Å². The van der Waals surface area contributed by atoms with Crippen LogP contribution in [0.3, 0.4) is 0 Å². The second-order valence-electron chi connectivity index (χ2n) is 10.7. The number of aliphatic imine (C=N–C) groups is 1. The Morgan fingerprint density at radius 3 is 2.48 bits per heavy atom. The van der Waals surface area contributed by atoms with Gasteiger partial charge in [0.1, 0.15) is 0 Å². The first kappa shape index (κ1) is 28.6. The molecule has 0 heterocycles. The van der Waals surface area contributed by atoms with E-state index < -0.39 is 5.54 Å². The van der Waals surface area contributed by atoms with Gasteiger partial charge in [0.2, 0.25) is 0 Å². The fourth-order valence-electron chi connectivity index (χ4n) is 4.56. The summed E-state index contributed by atoms with van der Waals surface area (Å²) < 4.78 is 0. The Bertz CT molecular complexity index is 1530. The Morgan fingerprint density at radius 2 is 1.80 bits per heavy atom.